The molecule has 0 saturated heterocycles. The van der Waals surface area contributed by atoms with Crippen LogP contribution in [0.2, 0.25) is 0 Å². The highest BCUT2D eigenvalue weighted by Gasteiger charge is 2.21. The van der Waals surface area contributed by atoms with E-state index in [1.807, 2.05) is 0 Å². The highest BCUT2D eigenvalue weighted by Crippen LogP contribution is 2.22. The summed E-state index contributed by atoms with van der Waals surface area (Å²) < 4.78 is 5.68. The van der Waals surface area contributed by atoms with Crippen LogP contribution < -0.4 is 0 Å². The van der Waals surface area contributed by atoms with Gasteiger partial charge in [-0.05, 0) is 32.1 Å². The molecule has 22 heavy (non-hydrogen) atoms. The number of unbranched alkanes of at least 4 members (excludes halogenated alkanes) is 7. The first-order valence-corrected chi connectivity index (χ1v) is 9.39. The number of hydrogen-bond donors (Lipinski definition) is 0. The van der Waals surface area contributed by atoms with Crippen molar-refractivity contribution in [3.05, 3.63) is 12.2 Å². The van der Waals surface area contributed by atoms with E-state index in [1.165, 1.54) is 51.4 Å². The third-order valence-corrected chi connectivity index (χ3v) is 4.35. The smallest absolute Gasteiger partial charge is 0.333 e. The molecule has 0 saturated carbocycles. The number of carbonyl (C=O) groups is 1. The van der Waals surface area contributed by atoms with Crippen LogP contribution in [0, 0.1) is 5.92 Å². The Morgan fingerprint density at radius 2 is 1.41 bits per heavy atom. The van der Waals surface area contributed by atoms with Crippen LogP contribution in [-0.2, 0) is 9.53 Å². The summed E-state index contributed by atoms with van der Waals surface area (Å²) in [7, 11) is 0. The average Bonchev–Trinajstić information content (AvgIpc) is 2.49. The summed E-state index contributed by atoms with van der Waals surface area (Å²) in [4.78, 5) is 11.8. The molecule has 0 amide bonds. The zero-order chi connectivity index (χ0) is 16.8. The predicted molar refractivity (Wildman–Crippen MR) is 96.0 cm³/mol. The largest absolute Gasteiger partial charge is 0.459 e. The lowest BCUT2D eigenvalue weighted by atomic mass is 9.93. The topological polar surface area (TPSA) is 26.3 Å². The molecule has 0 spiro atoms. The minimum atomic E-state index is -0.226. The number of carbonyl (C=O) groups excluding carboxylic acids is 1. The van der Waals surface area contributed by atoms with Crippen LogP contribution in [0.3, 0.4) is 0 Å². The summed E-state index contributed by atoms with van der Waals surface area (Å²) in [6.07, 6.45) is 13.7. The van der Waals surface area contributed by atoms with Crippen LogP contribution in [0.5, 0.6) is 0 Å². The molecule has 0 bridgehead atoms. The van der Waals surface area contributed by atoms with Gasteiger partial charge in [-0.2, -0.15) is 0 Å². The van der Waals surface area contributed by atoms with Gasteiger partial charge in [0.15, 0.2) is 0 Å². The first-order valence-electron chi connectivity index (χ1n) is 9.39. The summed E-state index contributed by atoms with van der Waals surface area (Å²) in [5.41, 5.74) is 0.507. The number of esters is 1. The normalized spacial score (nSPS) is 13.6. The van der Waals surface area contributed by atoms with Crippen molar-refractivity contribution >= 4 is 5.97 Å². The van der Waals surface area contributed by atoms with Crippen molar-refractivity contribution in [1.82, 2.24) is 0 Å². The minimum absolute atomic E-state index is 0.0615. The second kappa shape index (κ2) is 13.8. The van der Waals surface area contributed by atoms with Gasteiger partial charge in [-0.15, -0.1) is 0 Å². The quantitative estimate of drug-likeness (QED) is 0.209. The van der Waals surface area contributed by atoms with Gasteiger partial charge in [0.1, 0.15) is 6.10 Å². The van der Waals surface area contributed by atoms with Crippen LogP contribution in [0.15, 0.2) is 12.2 Å². The second-order valence-corrected chi connectivity index (χ2v) is 6.75. The molecule has 0 N–H and O–H groups in total. The van der Waals surface area contributed by atoms with Crippen LogP contribution in [0.1, 0.15) is 98.3 Å². The average molecular weight is 311 g/mol. The summed E-state index contributed by atoms with van der Waals surface area (Å²) in [5, 5.41) is 0. The monoisotopic (exact) mass is 310 g/mol. The molecule has 0 aromatic rings. The molecular formula is C20H38O2. The fourth-order valence-electron chi connectivity index (χ4n) is 2.73. The SMILES string of the molecule is C=C(C)C(=O)OC(CCCCC)C(C)CCCCCCCC. The molecule has 0 rings (SSSR count). The van der Waals surface area contributed by atoms with E-state index in [0.717, 1.165) is 19.3 Å². The molecular weight excluding hydrogens is 272 g/mol. The maximum absolute atomic E-state index is 11.8. The van der Waals surface area contributed by atoms with Gasteiger partial charge < -0.3 is 4.74 Å². The molecule has 2 nitrogen and oxygen atoms in total. The highest BCUT2D eigenvalue weighted by molar-refractivity contribution is 5.87. The Labute approximate surface area is 138 Å². The Bertz CT molecular complexity index is 296. The molecule has 0 fully saturated rings. The van der Waals surface area contributed by atoms with Gasteiger partial charge in [-0.3, -0.25) is 0 Å². The minimum Gasteiger partial charge on any atom is -0.459 e. The molecule has 2 unspecified atom stereocenters. The van der Waals surface area contributed by atoms with E-state index in [9.17, 15) is 4.79 Å². The maximum Gasteiger partial charge on any atom is 0.333 e. The molecule has 0 aromatic carbocycles. The standard InChI is InChI=1S/C20H38O2/c1-6-8-10-11-12-14-15-18(5)19(16-13-9-7-2)22-20(21)17(3)4/h18-19H,3,6-16H2,1-2,4-5H3. The Kier molecular flexibility index (Phi) is 13.3. The van der Waals surface area contributed by atoms with Crippen LogP contribution >= 0.6 is 0 Å². The number of ether oxygens (including phenoxy) is 1. The second-order valence-electron chi connectivity index (χ2n) is 6.75. The van der Waals surface area contributed by atoms with E-state index < -0.39 is 0 Å². The predicted octanol–water partition coefficient (Wildman–Crippen LogP) is 6.44. The van der Waals surface area contributed by atoms with Crippen molar-refractivity contribution in [2.45, 2.75) is 104 Å². The summed E-state index contributed by atoms with van der Waals surface area (Å²) in [5.74, 6) is 0.225. The fraction of sp³-hybridized carbons (Fsp3) is 0.850. The summed E-state index contributed by atoms with van der Waals surface area (Å²) in [6, 6.07) is 0. The zero-order valence-corrected chi connectivity index (χ0v) is 15.5. The van der Waals surface area contributed by atoms with Crippen molar-refractivity contribution < 1.29 is 9.53 Å². The van der Waals surface area contributed by atoms with Crippen LogP contribution in [-0.4, -0.2) is 12.1 Å². The first kappa shape index (κ1) is 21.2. The van der Waals surface area contributed by atoms with E-state index in [1.54, 1.807) is 6.92 Å². The van der Waals surface area contributed by atoms with Gasteiger partial charge in [0.25, 0.3) is 0 Å². The molecule has 0 radical (unpaired) electrons. The lowest BCUT2D eigenvalue weighted by Crippen LogP contribution is -2.25. The number of rotatable bonds is 14. The Hall–Kier alpha value is -0.790. The third kappa shape index (κ3) is 10.9. The van der Waals surface area contributed by atoms with Crippen molar-refractivity contribution in [3.63, 3.8) is 0 Å². The van der Waals surface area contributed by atoms with Gasteiger partial charge in [0, 0.05) is 5.57 Å². The Balaban J connectivity index is 4.15. The van der Waals surface area contributed by atoms with Crippen LogP contribution in [0.25, 0.3) is 0 Å². The van der Waals surface area contributed by atoms with E-state index in [0.29, 0.717) is 11.5 Å². The summed E-state index contributed by atoms with van der Waals surface area (Å²) >= 11 is 0. The van der Waals surface area contributed by atoms with Gasteiger partial charge in [-0.25, -0.2) is 4.79 Å². The van der Waals surface area contributed by atoms with Crippen molar-refractivity contribution in [1.29, 1.82) is 0 Å². The maximum atomic E-state index is 11.8. The van der Waals surface area contributed by atoms with Crippen LogP contribution in [0.4, 0.5) is 0 Å². The van der Waals surface area contributed by atoms with Crippen molar-refractivity contribution in [2.75, 3.05) is 0 Å². The van der Waals surface area contributed by atoms with E-state index in [-0.39, 0.29) is 12.1 Å². The molecule has 0 heterocycles. The van der Waals surface area contributed by atoms with Gasteiger partial charge in [-0.1, -0.05) is 78.7 Å². The van der Waals surface area contributed by atoms with E-state index in [4.69, 9.17) is 4.74 Å². The Morgan fingerprint density at radius 3 is 2.00 bits per heavy atom. The van der Waals surface area contributed by atoms with E-state index in [2.05, 4.69) is 27.4 Å². The van der Waals surface area contributed by atoms with Gasteiger partial charge >= 0.3 is 5.97 Å². The molecule has 0 aliphatic heterocycles. The van der Waals surface area contributed by atoms with E-state index >= 15 is 0 Å². The third-order valence-electron chi connectivity index (χ3n) is 4.35. The molecule has 0 aromatic heterocycles. The molecule has 2 heteroatoms. The molecule has 0 aliphatic rings. The zero-order valence-electron chi connectivity index (χ0n) is 15.5. The summed E-state index contributed by atoms with van der Waals surface area (Å²) in [6.45, 7) is 12.1. The van der Waals surface area contributed by atoms with Crippen molar-refractivity contribution in [2.24, 2.45) is 5.92 Å². The molecule has 2 atom stereocenters. The van der Waals surface area contributed by atoms with Gasteiger partial charge in [0.2, 0.25) is 0 Å². The van der Waals surface area contributed by atoms with Gasteiger partial charge in [0.05, 0.1) is 0 Å². The lowest BCUT2D eigenvalue weighted by Gasteiger charge is -2.24. The van der Waals surface area contributed by atoms with Crippen molar-refractivity contribution in [3.8, 4) is 0 Å². The highest BCUT2D eigenvalue weighted by atomic mass is 16.5. The first-order chi connectivity index (χ1) is 10.5. The lowest BCUT2D eigenvalue weighted by molar-refractivity contribution is -0.147. The Morgan fingerprint density at radius 1 is 0.909 bits per heavy atom. The molecule has 0 aliphatic carbocycles. The number of hydrogen-bond acceptors (Lipinski definition) is 2. The fourth-order valence-corrected chi connectivity index (χ4v) is 2.73. The molecule has 130 valence electrons.